The largest absolute Gasteiger partial charge is 0.455 e. The van der Waals surface area contributed by atoms with E-state index in [0.717, 1.165) is 11.8 Å². The third kappa shape index (κ3) is 4.96. The van der Waals surface area contributed by atoms with Crippen LogP contribution in [0.3, 0.4) is 0 Å². The van der Waals surface area contributed by atoms with Gasteiger partial charge < -0.3 is 18.8 Å². The number of ether oxygens (including phenoxy) is 2. The van der Waals surface area contributed by atoms with Gasteiger partial charge in [0, 0.05) is 13.1 Å². The van der Waals surface area contributed by atoms with E-state index in [-0.39, 0.29) is 29.4 Å². The zero-order valence-electron chi connectivity index (χ0n) is 13.7. The SMILES string of the molecule is O=C(CSc1nnc(-c2ccccc2Cl)o1)OCC(=O)N1CCOCC1. The predicted octanol–water partition coefficient (Wildman–Crippen LogP) is 1.88. The lowest BCUT2D eigenvalue weighted by Gasteiger charge is -2.26. The number of nitrogens with zero attached hydrogens (tertiary/aromatic N) is 3. The van der Waals surface area contributed by atoms with E-state index in [4.69, 9.17) is 25.5 Å². The number of aromatic nitrogens is 2. The summed E-state index contributed by atoms with van der Waals surface area (Å²) < 4.78 is 15.6. The van der Waals surface area contributed by atoms with E-state index in [0.29, 0.717) is 36.9 Å². The molecule has 1 aliphatic heterocycles. The van der Waals surface area contributed by atoms with Gasteiger partial charge in [-0.05, 0) is 12.1 Å². The summed E-state index contributed by atoms with van der Waals surface area (Å²) in [6, 6.07) is 7.08. The second-order valence-corrected chi connectivity index (χ2v) is 6.63. The van der Waals surface area contributed by atoms with Crippen LogP contribution in [0.5, 0.6) is 0 Å². The third-order valence-corrected chi connectivity index (χ3v) is 4.67. The molecule has 8 nitrogen and oxygen atoms in total. The van der Waals surface area contributed by atoms with Crippen molar-refractivity contribution in [2.24, 2.45) is 0 Å². The monoisotopic (exact) mass is 397 g/mol. The topological polar surface area (TPSA) is 94.8 Å². The van der Waals surface area contributed by atoms with E-state index < -0.39 is 5.97 Å². The minimum absolute atomic E-state index is 0.0411. The lowest BCUT2D eigenvalue weighted by molar-refractivity contribution is -0.151. The smallest absolute Gasteiger partial charge is 0.316 e. The van der Waals surface area contributed by atoms with Crippen LogP contribution in [-0.2, 0) is 19.1 Å². The average Bonchev–Trinajstić information content (AvgIpc) is 3.14. The van der Waals surface area contributed by atoms with Gasteiger partial charge in [-0.15, -0.1) is 10.2 Å². The molecule has 1 aliphatic rings. The van der Waals surface area contributed by atoms with E-state index in [1.54, 1.807) is 29.2 Å². The molecule has 26 heavy (non-hydrogen) atoms. The maximum Gasteiger partial charge on any atom is 0.316 e. The number of morpholine rings is 1. The standard InChI is InChI=1S/C16H16ClN3O5S/c17-12-4-2-1-3-11(12)15-18-19-16(25-15)26-10-14(22)24-9-13(21)20-5-7-23-8-6-20/h1-4H,5-10H2. The number of hydrogen-bond acceptors (Lipinski definition) is 8. The van der Waals surface area contributed by atoms with Crippen LogP contribution in [0.25, 0.3) is 11.5 Å². The number of esters is 1. The molecule has 1 amide bonds. The molecule has 1 aromatic carbocycles. The van der Waals surface area contributed by atoms with Crippen LogP contribution in [0.15, 0.2) is 33.9 Å². The van der Waals surface area contributed by atoms with E-state index in [9.17, 15) is 9.59 Å². The summed E-state index contributed by atoms with van der Waals surface area (Å²) in [6.45, 7) is 1.74. The first-order chi connectivity index (χ1) is 12.6. The highest BCUT2D eigenvalue weighted by molar-refractivity contribution is 7.99. The van der Waals surface area contributed by atoms with Crippen LogP contribution in [0.4, 0.5) is 0 Å². The van der Waals surface area contributed by atoms with Gasteiger partial charge in [0.15, 0.2) is 6.61 Å². The molecule has 138 valence electrons. The van der Waals surface area contributed by atoms with E-state index >= 15 is 0 Å². The molecule has 0 spiro atoms. The summed E-state index contributed by atoms with van der Waals surface area (Å²) in [7, 11) is 0. The van der Waals surface area contributed by atoms with Crippen LogP contribution < -0.4 is 0 Å². The Morgan fingerprint density at radius 3 is 2.77 bits per heavy atom. The van der Waals surface area contributed by atoms with Crippen molar-refractivity contribution in [3.8, 4) is 11.5 Å². The number of rotatable bonds is 6. The number of carbonyl (C=O) groups is 2. The molecule has 0 radical (unpaired) electrons. The summed E-state index contributed by atoms with van der Waals surface area (Å²) in [5, 5.41) is 8.49. The van der Waals surface area contributed by atoms with Crippen LogP contribution in [0.1, 0.15) is 0 Å². The van der Waals surface area contributed by atoms with Gasteiger partial charge in [0.05, 0.1) is 23.8 Å². The molecular formula is C16H16ClN3O5S. The molecule has 0 unspecified atom stereocenters. The quantitative estimate of drug-likeness (QED) is 0.538. The van der Waals surface area contributed by atoms with Gasteiger partial charge in [-0.25, -0.2) is 0 Å². The maximum atomic E-state index is 11.9. The van der Waals surface area contributed by atoms with E-state index in [1.807, 2.05) is 0 Å². The second kappa shape index (κ2) is 9.02. The fourth-order valence-corrected chi connectivity index (χ4v) is 3.00. The molecule has 2 aromatic rings. The van der Waals surface area contributed by atoms with Gasteiger partial charge in [0.2, 0.25) is 5.89 Å². The molecule has 1 saturated heterocycles. The highest BCUT2D eigenvalue weighted by Gasteiger charge is 2.19. The van der Waals surface area contributed by atoms with Crippen molar-refractivity contribution in [3.05, 3.63) is 29.3 Å². The third-order valence-electron chi connectivity index (χ3n) is 3.54. The Morgan fingerprint density at radius 1 is 1.23 bits per heavy atom. The zero-order valence-corrected chi connectivity index (χ0v) is 15.3. The minimum atomic E-state index is -0.533. The van der Waals surface area contributed by atoms with Crippen molar-refractivity contribution >= 4 is 35.2 Å². The van der Waals surface area contributed by atoms with Crippen molar-refractivity contribution < 1.29 is 23.5 Å². The van der Waals surface area contributed by atoms with Gasteiger partial charge in [-0.1, -0.05) is 35.5 Å². The summed E-state index contributed by atoms with van der Waals surface area (Å²) in [4.78, 5) is 25.3. The lowest BCUT2D eigenvalue weighted by Crippen LogP contribution is -2.42. The van der Waals surface area contributed by atoms with Crippen LogP contribution >= 0.6 is 23.4 Å². The maximum absolute atomic E-state index is 11.9. The number of thioether (sulfide) groups is 1. The first kappa shape index (κ1) is 18.7. The van der Waals surface area contributed by atoms with Crippen molar-refractivity contribution in [2.75, 3.05) is 38.7 Å². The van der Waals surface area contributed by atoms with Gasteiger partial charge in [0.25, 0.3) is 11.1 Å². The van der Waals surface area contributed by atoms with Gasteiger partial charge in [0.1, 0.15) is 5.75 Å². The lowest BCUT2D eigenvalue weighted by atomic mass is 10.2. The summed E-state index contributed by atoms with van der Waals surface area (Å²) in [5.74, 6) is -0.533. The molecule has 0 atom stereocenters. The molecule has 0 aliphatic carbocycles. The summed E-state index contributed by atoms with van der Waals surface area (Å²) in [6.07, 6.45) is 0. The first-order valence-electron chi connectivity index (χ1n) is 7.86. The Morgan fingerprint density at radius 2 is 2.00 bits per heavy atom. The fraction of sp³-hybridized carbons (Fsp3) is 0.375. The minimum Gasteiger partial charge on any atom is -0.455 e. The van der Waals surface area contributed by atoms with Crippen LogP contribution in [0, 0.1) is 0 Å². The molecule has 0 saturated carbocycles. The number of halogens is 1. The summed E-state index contributed by atoms with van der Waals surface area (Å²) in [5.41, 5.74) is 0.618. The van der Waals surface area contributed by atoms with Crippen molar-refractivity contribution in [2.45, 2.75) is 5.22 Å². The summed E-state index contributed by atoms with van der Waals surface area (Å²) >= 11 is 7.11. The molecule has 0 bridgehead atoms. The van der Waals surface area contributed by atoms with Gasteiger partial charge in [-0.2, -0.15) is 0 Å². The van der Waals surface area contributed by atoms with Crippen LogP contribution in [-0.4, -0.2) is 65.6 Å². The average molecular weight is 398 g/mol. The Kier molecular flexibility index (Phi) is 6.48. The fourth-order valence-electron chi connectivity index (χ4n) is 2.22. The highest BCUT2D eigenvalue weighted by Crippen LogP contribution is 2.28. The van der Waals surface area contributed by atoms with Crippen molar-refractivity contribution in [1.82, 2.24) is 15.1 Å². The molecule has 1 aromatic heterocycles. The Hall–Kier alpha value is -2.10. The first-order valence-corrected chi connectivity index (χ1v) is 9.22. The zero-order chi connectivity index (χ0) is 18.4. The van der Waals surface area contributed by atoms with Crippen LogP contribution in [0.2, 0.25) is 5.02 Å². The normalized spacial score (nSPS) is 14.3. The number of amides is 1. The second-order valence-electron chi connectivity index (χ2n) is 5.30. The van der Waals surface area contributed by atoms with Crippen molar-refractivity contribution in [1.29, 1.82) is 0 Å². The Balaban J connectivity index is 1.45. The molecular weight excluding hydrogens is 382 g/mol. The Labute approximate surface area is 158 Å². The molecule has 3 rings (SSSR count). The van der Waals surface area contributed by atoms with Gasteiger partial charge in [-0.3, -0.25) is 9.59 Å². The van der Waals surface area contributed by atoms with Crippen molar-refractivity contribution in [3.63, 3.8) is 0 Å². The molecule has 1 fully saturated rings. The van der Waals surface area contributed by atoms with E-state index in [2.05, 4.69) is 10.2 Å². The van der Waals surface area contributed by atoms with E-state index in [1.165, 1.54) is 0 Å². The molecule has 0 N–H and O–H groups in total. The highest BCUT2D eigenvalue weighted by atomic mass is 35.5. The number of hydrogen-bond donors (Lipinski definition) is 0. The molecule has 2 heterocycles. The number of carbonyl (C=O) groups excluding carboxylic acids is 2. The predicted molar refractivity (Wildman–Crippen MR) is 93.8 cm³/mol. The Bertz CT molecular complexity index is 779. The number of benzene rings is 1. The molecule has 10 heteroatoms. The van der Waals surface area contributed by atoms with Gasteiger partial charge >= 0.3 is 5.97 Å².